The second-order valence-corrected chi connectivity index (χ2v) is 2.05. The van der Waals surface area contributed by atoms with Crippen molar-refractivity contribution < 1.29 is 9.84 Å². The molecule has 1 unspecified atom stereocenters. The summed E-state index contributed by atoms with van der Waals surface area (Å²) in [5.41, 5.74) is 0. The van der Waals surface area contributed by atoms with Gasteiger partial charge < -0.3 is 9.84 Å². The van der Waals surface area contributed by atoms with E-state index in [1.807, 2.05) is 0 Å². The van der Waals surface area contributed by atoms with Crippen LogP contribution in [0.1, 0.15) is 13.3 Å². The molecule has 0 fully saturated rings. The molecule has 3 heteroatoms. The minimum absolute atomic E-state index is 0.0590. The van der Waals surface area contributed by atoms with Crippen LogP contribution >= 0.6 is 0 Å². The lowest BCUT2D eigenvalue weighted by Gasteiger charge is -1.96. The van der Waals surface area contributed by atoms with Gasteiger partial charge in [0.15, 0.2) is 0 Å². The van der Waals surface area contributed by atoms with E-state index < -0.39 is 0 Å². The fraction of sp³-hybridized carbons (Fsp3) is 0.833. The number of ether oxygens (including phenoxy) is 1. The molecule has 1 rings (SSSR count). The van der Waals surface area contributed by atoms with Crippen molar-refractivity contribution in [3.63, 3.8) is 0 Å². The third-order valence-corrected chi connectivity index (χ3v) is 1.38. The normalized spacial score (nSPS) is 25.6. The Morgan fingerprint density at radius 3 is 3.00 bits per heavy atom. The monoisotopic (exact) mass is 129 g/mol. The van der Waals surface area contributed by atoms with Gasteiger partial charge in [-0.2, -0.15) is 0 Å². The summed E-state index contributed by atoms with van der Waals surface area (Å²) >= 11 is 0. The van der Waals surface area contributed by atoms with Gasteiger partial charge in [-0.1, -0.05) is 6.92 Å². The molecule has 1 N–H and O–H groups in total. The number of aliphatic hydroxyl groups excluding tert-OH is 1. The van der Waals surface area contributed by atoms with Crippen molar-refractivity contribution in [2.45, 2.75) is 19.4 Å². The van der Waals surface area contributed by atoms with Crippen LogP contribution in [0.4, 0.5) is 0 Å². The van der Waals surface area contributed by atoms with E-state index in [1.54, 1.807) is 0 Å². The Labute approximate surface area is 54.4 Å². The van der Waals surface area contributed by atoms with Crippen LogP contribution in [0.25, 0.3) is 0 Å². The summed E-state index contributed by atoms with van der Waals surface area (Å²) in [6.45, 7) is 2.64. The zero-order valence-corrected chi connectivity index (χ0v) is 5.50. The third-order valence-electron chi connectivity index (χ3n) is 1.38. The average molecular weight is 129 g/mol. The second-order valence-electron chi connectivity index (χ2n) is 2.05. The Hall–Kier alpha value is -0.570. The van der Waals surface area contributed by atoms with Gasteiger partial charge in [0.2, 0.25) is 5.90 Å². The zero-order chi connectivity index (χ0) is 6.69. The average Bonchev–Trinajstić information content (AvgIpc) is 2.34. The van der Waals surface area contributed by atoms with Crippen LogP contribution in [0.15, 0.2) is 4.99 Å². The highest BCUT2D eigenvalue weighted by Gasteiger charge is 2.14. The molecule has 1 heterocycles. The Balaban J connectivity index is 2.40. The fourth-order valence-electron chi connectivity index (χ4n) is 0.766. The first kappa shape index (κ1) is 6.55. The molecule has 1 aliphatic rings. The van der Waals surface area contributed by atoms with E-state index >= 15 is 0 Å². The van der Waals surface area contributed by atoms with Crippen LogP contribution in [0, 0.1) is 0 Å². The molecule has 9 heavy (non-hydrogen) atoms. The van der Waals surface area contributed by atoms with Crippen LogP contribution in [0.3, 0.4) is 0 Å². The molecule has 0 aliphatic carbocycles. The molecule has 0 radical (unpaired) electrons. The van der Waals surface area contributed by atoms with Gasteiger partial charge >= 0.3 is 0 Å². The number of aliphatic imine (C=N–C) groups is 1. The van der Waals surface area contributed by atoms with Crippen molar-refractivity contribution in [1.82, 2.24) is 0 Å². The van der Waals surface area contributed by atoms with E-state index in [4.69, 9.17) is 9.84 Å². The van der Waals surface area contributed by atoms with Crippen LogP contribution in [0.5, 0.6) is 0 Å². The number of nitrogens with zero attached hydrogens (tertiary/aromatic N) is 1. The molecule has 1 aliphatic heterocycles. The highest BCUT2D eigenvalue weighted by atomic mass is 16.5. The Kier molecular flexibility index (Phi) is 2.05. The molecule has 1 atom stereocenters. The molecule has 3 nitrogen and oxygen atoms in total. The molecular formula is C6H11NO2. The van der Waals surface area contributed by atoms with Crippen molar-refractivity contribution in [3.8, 4) is 0 Å². The SMILES string of the molecule is CCC1COC(CO)=N1. The molecule has 0 saturated carbocycles. The van der Waals surface area contributed by atoms with Crippen molar-refractivity contribution in [2.75, 3.05) is 13.2 Å². The van der Waals surface area contributed by atoms with Gasteiger partial charge in [-0.25, -0.2) is 4.99 Å². The summed E-state index contributed by atoms with van der Waals surface area (Å²) in [4.78, 5) is 4.07. The minimum Gasteiger partial charge on any atom is -0.477 e. The standard InChI is InChI=1S/C6H11NO2/c1-2-5-4-9-6(3-8)7-5/h5,8H,2-4H2,1H3. The van der Waals surface area contributed by atoms with Crippen LogP contribution < -0.4 is 0 Å². The van der Waals surface area contributed by atoms with Gasteiger partial charge in [0, 0.05) is 0 Å². The maximum Gasteiger partial charge on any atom is 0.210 e. The van der Waals surface area contributed by atoms with Crippen molar-refractivity contribution in [2.24, 2.45) is 4.99 Å². The van der Waals surface area contributed by atoms with E-state index in [9.17, 15) is 0 Å². The molecule has 0 saturated heterocycles. The van der Waals surface area contributed by atoms with E-state index in [0.717, 1.165) is 6.42 Å². The lowest BCUT2D eigenvalue weighted by molar-refractivity contribution is 0.268. The number of rotatable bonds is 2. The summed E-state index contributed by atoms with van der Waals surface area (Å²) in [7, 11) is 0. The summed E-state index contributed by atoms with van der Waals surface area (Å²) in [5.74, 6) is 0.488. The van der Waals surface area contributed by atoms with Crippen molar-refractivity contribution in [1.29, 1.82) is 0 Å². The smallest absolute Gasteiger partial charge is 0.210 e. The van der Waals surface area contributed by atoms with Gasteiger partial charge in [0.1, 0.15) is 13.2 Å². The topological polar surface area (TPSA) is 41.8 Å². The van der Waals surface area contributed by atoms with Gasteiger partial charge in [-0.3, -0.25) is 0 Å². The quantitative estimate of drug-likeness (QED) is 0.578. The van der Waals surface area contributed by atoms with Crippen molar-refractivity contribution >= 4 is 5.90 Å². The second kappa shape index (κ2) is 2.82. The minimum atomic E-state index is -0.0590. The lowest BCUT2D eigenvalue weighted by atomic mass is 10.3. The molecule has 0 aromatic rings. The maximum absolute atomic E-state index is 8.52. The molecule has 0 aromatic heterocycles. The Morgan fingerprint density at radius 2 is 2.67 bits per heavy atom. The zero-order valence-electron chi connectivity index (χ0n) is 5.50. The first-order valence-corrected chi connectivity index (χ1v) is 3.17. The third kappa shape index (κ3) is 1.42. The van der Waals surface area contributed by atoms with Crippen LogP contribution in [0.2, 0.25) is 0 Å². The van der Waals surface area contributed by atoms with Crippen LogP contribution in [-0.2, 0) is 4.74 Å². The summed E-state index contributed by atoms with van der Waals surface area (Å²) < 4.78 is 5.01. The van der Waals surface area contributed by atoms with Crippen LogP contribution in [-0.4, -0.2) is 30.3 Å². The molecule has 0 amide bonds. The molecular weight excluding hydrogens is 118 g/mol. The van der Waals surface area contributed by atoms with Gasteiger partial charge in [0.25, 0.3) is 0 Å². The lowest BCUT2D eigenvalue weighted by Crippen LogP contribution is -2.04. The molecule has 52 valence electrons. The van der Waals surface area contributed by atoms with Gasteiger partial charge in [-0.05, 0) is 6.42 Å². The molecule has 0 spiro atoms. The maximum atomic E-state index is 8.52. The molecule has 0 aromatic carbocycles. The number of hydrogen-bond acceptors (Lipinski definition) is 3. The first-order valence-electron chi connectivity index (χ1n) is 3.17. The van der Waals surface area contributed by atoms with E-state index in [1.165, 1.54) is 0 Å². The van der Waals surface area contributed by atoms with E-state index in [0.29, 0.717) is 12.5 Å². The fourth-order valence-corrected chi connectivity index (χ4v) is 0.766. The summed E-state index contributed by atoms with van der Waals surface area (Å²) in [5, 5.41) is 8.52. The van der Waals surface area contributed by atoms with Gasteiger partial charge in [-0.15, -0.1) is 0 Å². The predicted molar refractivity (Wildman–Crippen MR) is 34.6 cm³/mol. The van der Waals surface area contributed by atoms with Crippen molar-refractivity contribution in [3.05, 3.63) is 0 Å². The largest absolute Gasteiger partial charge is 0.477 e. The number of hydrogen-bond donors (Lipinski definition) is 1. The predicted octanol–water partition coefficient (Wildman–Crippen LogP) is 0.186. The van der Waals surface area contributed by atoms with E-state index in [-0.39, 0.29) is 12.6 Å². The molecule has 0 bridgehead atoms. The Morgan fingerprint density at radius 1 is 1.89 bits per heavy atom. The van der Waals surface area contributed by atoms with E-state index in [2.05, 4.69) is 11.9 Å². The Bertz CT molecular complexity index is 122. The highest BCUT2D eigenvalue weighted by molar-refractivity contribution is 5.78. The highest BCUT2D eigenvalue weighted by Crippen LogP contribution is 2.06. The van der Waals surface area contributed by atoms with Gasteiger partial charge in [0.05, 0.1) is 6.04 Å². The number of aliphatic hydroxyl groups is 1. The first-order chi connectivity index (χ1) is 4.36. The summed E-state index contributed by atoms with van der Waals surface area (Å²) in [6, 6.07) is 0.284. The summed E-state index contributed by atoms with van der Waals surface area (Å²) in [6.07, 6.45) is 0.990.